The van der Waals surface area contributed by atoms with Gasteiger partial charge in [0.05, 0.1) is 23.2 Å². The maximum atomic E-state index is 15.4. The molecule has 3 aromatic carbocycles. The summed E-state index contributed by atoms with van der Waals surface area (Å²) in [6.07, 6.45) is 0.833. The molecule has 1 aliphatic carbocycles. The standard InChI is InChI=1S/C34H33BrFN3O2/c1-19-6-9-24(10-7-19)41-18-22-13-25(21(3)12-20(22)2)31-26(17-37)33(38)39(28-11-8-23(35)14-27(28)36)29-15-34(4,5)16-30(40)32(29)31/h6-14,31H,15-16,18,38H2,1-5H3. The Morgan fingerprint density at radius 2 is 1.78 bits per heavy atom. The summed E-state index contributed by atoms with van der Waals surface area (Å²) in [7, 11) is 0. The third-order valence-electron chi connectivity index (χ3n) is 7.98. The number of allylic oxidation sites excluding steroid dienone is 3. The molecule has 5 rings (SSSR count). The van der Waals surface area contributed by atoms with Crippen LogP contribution in [-0.2, 0) is 11.4 Å². The number of aryl methyl sites for hydroxylation is 3. The second-order valence-corrected chi connectivity index (χ2v) is 12.7. The molecule has 41 heavy (non-hydrogen) atoms. The Balaban J connectivity index is 1.67. The van der Waals surface area contributed by atoms with Gasteiger partial charge in [0, 0.05) is 22.2 Å². The van der Waals surface area contributed by atoms with Crippen LogP contribution in [0.1, 0.15) is 60.4 Å². The molecule has 2 aliphatic rings. The monoisotopic (exact) mass is 613 g/mol. The van der Waals surface area contributed by atoms with Crippen molar-refractivity contribution in [1.29, 1.82) is 5.26 Å². The van der Waals surface area contributed by atoms with Crippen LogP contribution in [0.3, 0.4) is 0 Å². The number of anilines is 1. The molecule has 0 amide bonds. The Labute approximate surface area is 249 Å². The maximum Gasteiger partial charge on any atom is 0.162 e. The van der Waals surface area contributed by atoms with Crippen LogP contribution in [0.2, 0.25) is 0 Å². The van der Waals surface area contributed by atoms with Crippen LogP contribution in [0.25, 0.3) is 0 Å². The van der Waals surface area contributed by atoms with E-state index in [4.69, 9.17) is 10.5 Å². The van der Waals surface area contributed by atoms with Crippen LogP contribution in [0.15, 0.2) is 81.7 Å². The molecule has 0 saturated carbocycles. The van der Waals surface area contributed by atoms with E-state index in [1.807, 2.05) is 65.0 Å². The highest BCUT2D eigenvalue weighted by Crippen LogP contribution is 2.51. The number of nitriles is 1. The SMILES string of the molecule is Cc1ccc(OCc2cc(C3C(C#N)=C(N)N(c4ccc(Br)cc4F)C4=C3C(=O)CC(C)(C)C4)c(C)cc2C)cc1. The third-order valence-corrected chi connectivity index (χ3v) is 8.48. The highest BCUT2D eigenvalue weighted by atomic mass is 79.9. The van der Waals surface area contributed by atoms with Gasteiger partial charge in [-0.1, -0.05) is 59.6 Å². The van der Waals surface area contributed by atoms with Gasteiger partial charge in [0.2, 0.25) is 0 Å². The summed E-state index contributed by atoms with van der Waals surface area (Å²) in [5, 5.41) is 10.5. The summed E-state index contributed by atoms with van der Waals surface area (Å²) in [5.41, 5.74) is 12.9. The first kappa shape index (κ1) is 28.6. The molecule has 1 aliphatic heterocycles. The molecule has 0 radical (unpaired) electrons. The van der Waals surface area contributed by atoms with Gasteiger partial charge < -0.3 is 10.5 Å². The molecule has 0 spiro atoms. The van der Waals surface area contributed by atoms with Gasteiger partial charge in [0.25, 0.3) is 0 Å². The summed E-state index contributed by atoms with van der Waals surface area (Å²) >= 11 is 3.32. The molecule has 0 saturated heterocycles. The minimum atomic E-state index is -0.660. The molecule has 5 nitrogen and oxygen atoms in total. The van der Waals surface area contributed by atoms with Gasteiger partial charge in [-0.2, -0.15) is 5.26 Å². The van der Waals surface area contributed by atoms with E-state index in [0.29, 0.717) is 35.2 Å². The smallest absolute Gasteiger partial charge is 0.162 e. The number of ketones is 1. The van der Waals surface area contributed by atoms with Gasteiger partial charge in [-0.05, 0) is 85.2 Å². The van der Waals surface area contributed by atoms with Crippen molar-refractivity contribution in [3.8, 4) is 11.8 Å². The zero-order valence-corrected chi connectivity index (χ0v) is 25.5. The van der Waals surface area contributed by atoms with Crippen molar-refractivity contribution in [3.63, 3.8) is 0 Å². The van der Waals surface area contributed by atoms with Gasteiger partial charge in [0.1, 0.15) is 24.0 Å². The molecule has 1 unspecified atom stereocenters. The van der Waals surface area contributed by atoms with Crippen molar-refractivity contribution in [2.24, 2.45) is 11.1 Å². The highest BCUT2D eigenvalue weighted by molar-refractivity contribution is 9.10. The normalized spacial score (nSPS) is 18.3. The molecule has 0 fully saturated rings. The highest BCUT2D eigenvalue weighted by Gasteiger charge is 2.45. The quantitative estimate of drug-likeness (QED) is 0.315. The second-order valence-electron chi connectivity index (χ2n) is 11.8. The molecular formula is C34H33BrFN3O2. The number of nitrogens with two attached hydrogens (primary N) is 1. The Morgan fingerprint density at radius 1 is 1.07 bits per heavy atom. The first-order valence-corrected chi connectivity index (χ1v) is 14.4. The van der Waals surface area contributed by atoms with Crippen LogP contribution in [0.5, 0.6) is 5.75 Å². The lowest BCUT2D eigenvalue weighted by Crippen LogP contribution is -2.42. The molecule has 0 aromatic heterocycles. The lowest BCUT2D eigenvalue weighted by molar-refractivity contribution is -0.118. The number of nitrogens with zero attached hydrogens (tertiary/aromatic N) is 2. The average Bonchev–Trinajstić information content (AvgIpc) is 2.89. The van der Waals surface area contributed by atoms with E-state index in [1.165, 1.54) is 6.07 Å². The number of carbonyl (C=O) groups excluding carboxylic acids is 1. The number of rotatable bonds is 5. The predicted molar refractivity (Wildman–Crippen MR) is 163 cm³/mol. The Hall–Kier alpha value is -3.89. The van der Waals surface area contributed by atoms with Gasteiger partial charge in [-0.25, -0.2) is 4.39 Å². The Morgan fingerprint density at radius 3 is 2.44 bits per heavy atom. The van der Waals surface area contributed by atoms with Crippen molar-refractivity contribution < 1.29 is 13.9 Å². The van der Waals surface area contributed by atoms with Crippen LogP contribution >= 0.6 is 15.9 Å². The number of hydrogen-bond acceptors (Lipinski definition) is 5. The van der Waals surface area contributed by atoms with E-state index >= 15 is 4.39 Å². The number of Topliss-reactive ketones (excluding diaryl/α,β-unsaturated/α-hetero) is 1. The summed E-state index contributed by atoms with van der Waals surface area (Å²) in [6.45, 7) is 10.4. The minimum absolute atomic E-state index is 0.0542. The molecule has 7 heteroatoms. The summed E-state index contributed by atoms with van der Waals surface area (Å²) in [4.78, 5) is 15.5. The largest absolute Gasteiger partial charge is 0.489 e. The maximum absolute atomic E-state index is 15.4. The fraction of sp³-hybridized carbons (Fsp3) is 0.294. The first-order chi connectivity index (χ1) is 19.4. The van der Waals surface area contributed by atoms with Gasteiger partial charge in [0.15, 0.2) is 5.78 Å². The van der Waals surface area contributed by atoms with Crippen LogP contribution < -0.4 is 15.4 Å². The van der Waals surface area contributed by atoms with Crippen LogP contribution in [0.4, 0.5) is 10.1 Å². The van der Waals surface area contributed by atoms with E-state index in [-0.39, 0.29) is 28.3 Å². The molecule has 3 aromatic rings. The zero-order valence-electron chi connectivity index (χ0n) is 23.9. The van der Waals surface area contributed by atoms with E-state index < -0.39 is 11.7 Å². The third kappa shape index (κ3) is 5.41. The van der Waals surface area contributed by atoms with Crippen LogP contribution in [-0.4, -0.2) is 5.78 Å². The van der Waals surface area contributed by atoms with Crippen molar-refractivity contribution in [1.82, 2.24) is 0 Å². The summed E-state index contributed by atoms with van der Waals surface area (Å²) in [5.74, 6) is -0.310. The lowest BCUT2D eigenvalue weighted by Gasteiger charge is -2.44. The van der Waals surface area contributed by atoms with E-state index in [2.05, 4.69) is 28.1 Å². The van der Waals surface area contributed by atoms with Gasteiger partial charge in [-0.15, -0.1) is 0 Å². The fourth-order valence-corrected chi connectivity index (χ4v) is 6.27. The van der Waals surface area contributed by atoms with E-state index in [1.54, 1.807) is 17.0 Å². The van der Waals surface area contributed by atoms with Gasteiger partial charge >= 0.3 is 0 Å². The van der Waals surface area contributed by atoms with Crippen molar-refractivity contribution in [2.45, 2.75) is 60.0 Å². The minimum Gasteiger partial charge on any atom is -0.489 e. The summed E-state index contributed by atoms with van der Waals surface area (Å²) < 4.78 is 22.0. The van der Waals surface area contributed by atoms with E-state index in [0.717, 1.165) is 33.6 Å². The molecule has 1 atom stereocenters. The Kier molecular flexibility index (Phi) is 7.56. The predicted octanol–water partition coefficient (Wildman–Crippen LogP) is 8.03. The molecule has 210 valence electrons. The number of carbonyl (C=O) groups is 1. The lowest BCUT2D eigenvalue weighted by atomic mass is 9.68. The number of benzene rings is 3. The van der Waals surface area contributed by atoms with E-state index in [9.17, 15) is 10.1 Å². The Bertz CT molecular complexity index is 1660. The van der Waals surface area contributed by atoms with Crippen molar-refractivity contribution in [3.05, 3.63) is 115 Å². The number of hydrogen-bond donors (Lipinski definition) is 1. The van der Waals surface area contributed by atoms with Crippen molar-refractivity contribution in [2.75, 3.05) is 4.90 Å². The first-order valence-electron chi connectivity index (χ1n) is 13.6. The molecule has 2 N–H and O–H groups in total. The zero-order chi connectivity index (χ0) is 29.6. The summed E-state index contributed by atoms with van der Waals surface area (Å²) in [6, 6.07) is 19.0. The van der Waals surface area contributed by atoms with Gasteiger partial charge in [-0.3, -0.25) is 9.69 Å². The topological polar surface area (TPSA) is 79.3 Å². The van der Waals surface area contributed by atoms with Crippen molar-refractivity contribution >= 4 is 27.4 Å². The molecule has 0 bridgehead atoms. The molecule has 1 heterocycles. The number of ether oxygens (including phenoxy) is 1. The average molecular weight is 615 g/mol. The van der Waals surface area contributed by atoms with Crippen LogP contribution in [0, 0.1) is 43.3 Å². The second kappa shape index (κ2) is 10.8. The number of halogens is 2. The molecular weight excluding hydrogens is 581 g/mol. The fourth-order valence-electron chi connectivity index (χ4n) is 5.94.